The summed E-state index contributed by atoms with van der Waals surface area (Å²) in [6.45, 7) is 3.57. The maximum Gasteiger partial charge on any atom is 0.337 e. The molecule has 0 aliphatic heterocycles. The van der Waals surface area contributed by atoms with Crippen molar-refractivity contribution in [2.24, 2.45) is 0 Å². The Morgan fingerprint density at radius 3 is 2.55 bits per heavy atom. The summed E-state index contributed by atoms with van der Waals surface area (Å²) in [6.07, 6.45) is 0. The molecule has 0 aliphatic carbocycles. The molecular formula is C14H16N4O3S. The van der Waals surface area contributed by atoms with Gasteiger partial charge in [0, 0.05) is 5.69 Å². The van der Waals surface area contributed by atoms with E-state index >= 15 is 0 Å². The topological polar surface area (TPSA) is 97.0 Å². The van der Waals surface area contributed by atoms with Crippen molar-refractivity contribution >= 4 is 29.3 Å². The molecule has 1 unspecified atom stereocenters. The van der Waals surface area contributed by atoms with Gasteiger partial charge in [-0.2, -0.15) is 0 Å². The maximum atomic E-state index is 12.1. The number of methoxy groups -OCH3 is 1. The SMILES string of the molecule is COC(=O)c1ccc(NC(=O)C(C)Sc2n[nH]c(C)n2)cc1. The van der Waals surface area contributed by atoms with Crippen molar-refractivity contribution in [2.45, 2.75) is 24.3 Å². The molecule has 0 fully saturated rings. The summed E-state index contributed by atoms with van der Waals surface area (Å²) in [5, 5.41) is 9.66. The number of aryl methyl sites for hydroxylation is 1. The van der Waals surface area contributed by atoms with Crippen molar-refractivity contribution in [2.75, 3.05) is 12.4 Å². The molecule has 22 heavy (non-hydrogen) atoms. The molecule has 0 bridgehead atoms. The van der Waals surface area contributed by atoms with E-state index in [4.69, 9.17) is 0 Å². The van der Waals surface area contributed by atoms with Crippen molar-refractivity contribution in [1.29, 1.82) is 0 Å². The molecule has 1 aromatic carbocycles. The van der Waals surface area contributed by atoms with Crippen LogP contribution in [0.15, 0.2) is 29.4 Å². The molecule has 8 heteroatoms. The molecule has 0 spiro atoms. The van der Waals surface area contributed by atoms with Gasteiger partial charge in [0.1, 0.15) is 5.82 Å². The fourth-order valence-corrected chi connectivity index (χ4v) is 2.41. The van der Waals surface area contributed by atoms with Gasteiger partial charge in [0.25, 0.3) is 0 Å². The van der Waals surface area contributed by atoms with Crippen LogP contribution < -0.4 is 5.32 Å². The number of thioether (sulfide) groups is 1. The Balaban J connectivity index is 1.94. The number of aromatic nitrogens is 3. The number of aromatic amines is 1. The number of carbonyl (C=O) groups excluding carboxylic acids is 2. The number of hydrogen-bond donors (Lipinski definition) is 2. The number of amides is 1. The van der Waals surface area contributed by atoms with E-state index in [2.05, 4.69) is 25.2 Å². The minimum absolute atomic E-state index is 0.168. The Labute approximate surface area is 131 Å². The number of H-pyrrole nitrogens is 1. The molecule has 2 N–H and O–H groups in total. The lowest BCUT2D eigenvalue weighted by Crippen LogP contribution is -2.22. The number of nitrogens with one attached hydrogen (secondary N) is 2. The van der Waals surface area contributed by atoms with E-state index in [1.807, 2.05) is 0 Å². The Bertz CT molecular complexity index is 669. The second kappa shape index (κ2) is 7.08. The first-order valence-corrected chi connectivity index (χ1v) is 7.42. The monoisotopic (exact) mass is 320 g/mol. The zero-order chi connectivity index (χ0) is 16.1. The van der Waals surface area contributed by atoms with Crippen molar-refractivity contribution in [3.8, 4) is 0 Å². The van der Waals surface area contributed by atoms with Gasteiger partial charge >= 0.3 is 5.97 Å². The highest BCUT2D eigenvalue weighted by Crippen LogP contribution is 2.20. The Morgan fingerprint density at radius 2 is 2.00 bits per heavy atom. The van der Waals surface area contributed by atoms with E-state index in [-0.39, 0.29) is 11.2 Å². The van der Waals surface area contributed by atoms with E-state index in [1.165, 1.54) is 18.9 Å². The predicted octanol–water partition coefficient (Wildman–Crippen LogP) is 2.02. The van der Waals surface area contributed by atoms with Crippen LogP contribution >= 0.6 is 11.8 Å². The Morgan fingerprint density at radius 1 is 1.32 bits per heavy atom. The number of hydrogen-bond acceptors (Lipinski definition) is 6. The van der Waals surface area contributed by atoms with Crippen LogP contribution in [0.25, 0.3) is 0 Å². The number of rotatable bonds is 5. The van der Waals surface area contributed by atoms with Crippen LogP contribution in [0.2, 0.25) is 0 Å². The summed E-state index contributed by atoms with van der Waals surface area (Å²) < 4.78 is 4.62. The first-order chi connectivity index (χ1) is 10.5. The van der Waals surface area contributed by atoms with Crippen molar-refractivity contribution in [3.05, 3.63) is 35.7 Å². The molecule has 0 aliphatic rings. The Kier molecular flexibility index (Phi) is 5.16. The molecule has 2 aromatic rings. The van der Waals surface area contributed by atoms with Crippen LogP contribution in [0, 0.1) is 6.92 Å². The molecule has 2 rings (SSSR count). The standard InChI is InChI=1S/C14H16N4O3S/c1-8(22-14-15-9(2)17-18-14)12(19)16-11-6-4-10(5-7-11)13(20)21-3/h4-8H,1-3H3,(H,16,19)(H,15,17,18). The normalized spacial score (nSPS) is 11.8. The van der Waals surface area contributed by atoms with Crippen molar-refractivity contribution in [1.82, 2.24) is 15.2 Å². The van der Waals surface area contributed by atoms with E-state index in [1.54, 1.807) is 38.1 Å². The molecule has 7 nitrogen and oxygen atoms in total. The number of anilines is 1. The molecule has 116 valence electrons. The predicted molar refractivity (Wildman–Crippen MR) is 82.8 cm³/mol. The summed E-state index contributed by atoms with van der Waals surface area (Å²) in [4.78, 5) is 27.6. The van der Waals surface area contributed by atoms with Crippen LogP contribution in [0.3, 0.4) is 0 Å². The van der Waals surface area contributed by atoms with E-state index in [0.29, 0.717) is 22.2 Å². The molecule has 1 aromatic heterocycles. The van der Waals surface area contributed by atoms with Gasteiger partial charge in [-0.25, -0.2) is 9.78 Å². The average molecular weight is 320 g/mol. The van der Waals surface area contributed by atoms with Gasteiger partial charge in [0.05, 0.1) is 17.9 Å². The number of benzene rings is 1. The highest BCUT2D eigenvalue weighted by atomic mass is 32.2. The van der Waals surface area contributed by atoms with Gasteiger partial charge < -0.3 is 10.1 Å². The second-order valence-electron chi connectivity index (χ2n) is 4.52. The summed E-state index contributed by atoms with van der Waals surface area (Å²) in [5.41, 5.74) is 1.04. The summed E-state index contributed by atoms with van der Waals surface area (Å²) in [5.74, 6) is 0.119. The van der Waals surface area contributed by atoms with Gasteiger partial charge in [-0.05, 0) is 38.1 Å². The minimum Gasteiger partial charge on any atom is -0.465 e. The van der Waals surface area contributed by atoms with Crippen LogP contribution in [0.5, 0.6) is 0 Å². The molecule has 1 amide bonds. The number of nitrogens with zero attached hydrogens (tertiary/aromatic N) is 2. The zero-order valence-corrected chi connectivity index (χ0v) is 13.2. The fraction of sp³-hybridized carbons (Fsp3) is 0.286. The smallest absolute Gasteiger partial charge is 0.337 e. The highest BCUT2D eigenvalue weighted by Gasteiger charge is 2.17. The first-order valence-electron chi connectivity index (χ1n) is 6.54. The van der Waals surface area contributed by atoms with Crippen LogP contribution in [0.1, 0.15) is 23.1 Å². The summed E-state index contributed by atoms with van der Waals surface area (Å²) >= 11 is 1.26. The molecule has 1 atom stereocenters. The summed E-state index contributed by atoms with van der Waals surface area (Å²) in [7, 11) is 1.32. The van der Waals surface area contributed by atoms with Gasteiger partial charge in [-0.1, -0.05) is 11.8 Å². The van der Waals surface area contributed by atoms with Crippen molar-refractivity contribution in [3.63, 3.8) is 0 Å². The largest absolute Gasteiger partial charge is 0.465 e. The lowest BCUT2D eigenvalue weighted by Gasteiger charge is -2.10. The fourth-order valence-electron chi connectivity index (χ4n) is 1.64. The van der Waals surface area contributed by atoms with E-state index < -0.39 is 5.97 Å². The van der Waals surface area contributed by atoms with Gasteiger partial charge in [-0.3, -0.25) is 9.89 Å². The maximum absolute atomic E-state index is 12.1. The van der Waals surface area contributed by atoms with Crippen LogP contribution in [-0.2, 0) is 9.53 Å². The van der Waals surface area contributed by atoms with Gasteiger partial charge in [0.15, 0.2) is 0 Å². The van der Waals surface area contributed by atoms with Gasteiger partial charge in [0.2, 0.25) is 11.1 Å². The number of carbonyl (C=O) groups is 2. The zero-order valence-electron chi connectivity index (χ0n) is 12.4. The molecule has 0 saturated carbocycles. The van der Waals surface area contributed by atoms with Gasteiger partial charge in [-0.15, -0.1) is 5.10 Å². The average Bonchev–Trinajstić information content (AvgIpc) is 2.92. The number of ether oxygens (including phenoxy) is 1. The highest BCUT2D eigenvalue weighted by molar-refractivity contribution is 8.00. The second-order valence-corrected chi connectivity index (χ2v) is 5.83. The molecule has 1 heterocycles. The number of esters is 1. The molecular weight excluding hydrogens is 304 g/mol. The summed E-state index contributed by atoms with van der Waals surface area (Å²) in [6, 6.07) is 6.49. The molecule has 0 radical (unpaired) electrons. The molecule has 0 saturated heterocycles. The van der Waals surface area contributed by atoms with Crippen LogP contribution in [0.4, 0.5) is 5.69 Å². The van der Waals surface area contributed by atoms with Crippen LogP contribution in [-0.4, -0.2) is 39.4 Å². The third-order valence-electron chi connectivity index (χ3n) is 2.80. The lowest BCUT2D eigenvalue weighted by molar-refractivity contribution is -0.115. The minimum atomic E-state index is -0.415. The quantitative estimate of drug-likeness (QED) is 0.646. The van der Waals surface area contributed by atoms with Crippen molar-refractivity contribution < 1.29 is 14.3 Å². The third-order valence-corrected chi connectivity index (χ3v) is 3.76. The first kappa shape index (κ1) is 16.0. The third kappa shape index (κ3) is 4.08. The van der Waals surface area contributed by atoms with E-state index in [0.717, 1.165) is 0 Å². The van der Waals surface area contributed by atoms with E-state index in [9.17, 15) is 9.59 Å². The Hall–Kier alpha value is -2.35. The lowest BCUT2D eigenvalue weighted by atomic mass is 10.2.